The van der Waals surface area contributed by atoms with E-state index in [1.54, 1.807) is 13.8 Å². The van der Waals surface area contributed by atoms with Gasteiger partial charge >= 0.3 is 18.4 Å². The molecular weight excluding hydrogens is 459 g/mol. The van der Waals surface area contributed by atoms with Crippen molar-refractivity contribution in [2.45, 2.75) is 32.2 Å². The Hall–Kier alpha value is -3.18. The second kappa shape index (κ2) is 8.64. The summed E-state index contributed by atoms with van der Waals surface area (Å²) in [5.41, 5.74) is -3.08. The number of nitrogens with zero attached hydrogens (tertiary/aromatic N) is 3. The summed E-state index contributed by atoms with van der Waals surface area (Å²) in [5, 5.41) is 0. The number of carbonyl (C=O) groups is 2. The first kappa shape index (κ1) is 24.5. The summed E-state index contributed by atoms with van der Waals surface area (Å²) in [6, 6.07) is 2.36. The van der Waals surface area contributed by atoms with E-state index in [1.807, 2.05) is 0 Å². The lowest BCUT2D eigenvalue weighted by molar-refractivity contribution is -0.141. The van der Waals surface area contributed by atoms with Gasteiger partial charge in [0.15, 0.2) is 5.78 Å². The average Bonchev–Trinajstić information content (AvgIpc) is 3.03. The zero-order valence-electron chi connectivity index (χ0n) is 17.3. The second-order valence-electron chi connectivity index (χ2n) is 7.85. The summed E-state index contributed by atoms with van der Waals surface area (Å²) in [4.78, 5) is 31.2. The van der Waals surface area contributed by atoms with Crippen molar-refractivity contribution in [2.75, 3.05) is 18.0 Å². The van der Waals surface area contributed by atoms with E-state index in [0.717, 1.165) is 34.2 Å². The molecule has 1 aromatic carbocycles. The third-order valence-corrected chi connectivity index (χ3v) is 5.27. The van der Waals surface area contributed by atoms with E-state index in [4.69, 9.17) is 0 Å². The van der Waals surface area contributed by atoms with Gasteiger partial charge in [-0.25, -0.2) is 14.2 Å². The molecule has 0 unspecified atom stereocenters. The maximum Gasteiger partial charge on any atom is 0.433 e. The smallest absolute Gasteiger partial charge is 0.312 e. The lowest BCUT2D eigenvalue weighted by atomic mass is 10.0. The van der Waals surface area contributed by atoms with Gasteiger partial charge in [-0.2, -0.15) is 26.3 Å². The maximum atomic E-state index is 13.5. The highest BCUT2D eigenvalue weighted by molar-refractivity contribution is 6.02. The molecule has 33 heavy (non-hydrogen) atoms. The van der Waals surface area contributed by atoms with Crippen molar-refractivity contribution >= 4 is 17.5 Å². The summed E-state index contributed by atoms with van der Waals surface area (Å²) < 4.78 is 90.7. The van der Waals surface area contributed by atoms with E-state index in [0.29, 0.717) is 12.1 Å². The zero-order valence-corrected chi connectivity index (χ0v) is 17.3. The minimum absolute atomic E-state index is 0.0358. The molecule has 0 N–H and O–H groups in total. The highest BCUT2D eigenvalue weighted by atomic mass is 19.4. The largest absolute Gasteiger partial charge is 0.433 e. The predicted octanol–water partition coefficient (Wildman–Crippen LogP) is 5.41. The van der Waals surface area contributed by atoms with Crippen molar-refractivity contribution in [1.29, 1.82) is 0 Å². The van der Waals surface area contributed by atoms with Gasteiger partial charge in [0, 0.05) is 12.1 Å². The number of hydrogen-bond donors (Lipinski definition) is 0. The van der Waals surface area contributed by atoms with Gasteiger partial charge in [0.1, 0.15) is 11.5 Å². The molecule has 1 aliphatic rings. The minimum atomic E-state index is -5.00. The van der Waals surface area contributed by atoms with Gasteiger partial charge in [-0.1, -0.05) is 13.8 Å². The number of anilines is 1. The van der Waals surface area contributed by atoms with Gasteiger partial charge in [0.25, 0.3) is 0 Å². The van der Waals surface area contributed by atoms with Gasteiger partial charge in [-0.05, 0) is 36.2 Å². The van der Waals surface area contributed by atoms with Gasteiger partial charge in [0.2, 0.25) is 0 Å². The molecule has 0 saturated carbocycles. The Morgan fingerprint density at radius 1 is 1.09 bits per heavy atom. The van der Waals surface area contributed by atoms with E-state index in [9.17, 15) is 40.3 Å². The van der Waals surface area contributed by atoms with Gasteiger partial charge < -0.3 is 4.90 Å². The summed E-state index contributed by atoms with van der Waals surface area (Å²) in [6.07, 6.45) is -8.77. The maximum absolute atomic E-state index is 13.5. The minimum Gasteiger partial charge on any atom is -0.312 e. The van der Waals surface area contributed by atoms with Crippen molar-refractivity contribution in [3.8, 4) is 0 Å². The molecule has 178 valence electrons. The molecule has 0 aliphatic carbocycles. The third kappa shape index (κ3) is 5.09. The molecular formula is C21H18F7N3O2. The number of pyridine rings is 1. The van der Waals surface area contributed by atoms with Gasteiger partial charge in [-0.15, -0.1) is 0 Å². The number of carbonyl (C=O) groups excluding carboxylic acids is 2. The van der Waals surface area contributed by atoms with E-state index in [2.05, 4.69) is 4.98 Å². The van der Waals surface area contributed by atoms with Crippen molar-refractivity contribution < 1.29 is 40.3 Å². The van der Waals surface area contributed by atoms with Crippen LogP contribution in [0.2, 0.25) is 0 Å². The first-order chi connectivity index (χ1) is 15.2. The number of rotatable bonds is 5. The number of aromatic nitrogens is 1. The Kier molecular flexibility index (Phi) is 6.40. The molecule has 1 fully saturated rings. The summed E-state index contributed by atoms with van der Waals surface area (Å²) in [7, 11) is 0. The van der Waals surface area contributed by atoms with E-state index >= 15 is 0 Å². The van der Waals surface area contributed by atoms with Crippen LogP contribution in [-0.4, -0.2) is 40.8 Å². The quantitative estimate of drug-likeness (QED) is 0.428. The Morgan fingerprint density at radius 2 is 1.76 bits per heavy atom. The van der Waals surface area contributed by atoms with Crippen LogP contribution in [0.1, 0.15) is 35.5 Å². The van der Waals surface area contributed by atoms with Crippen molar-refractivity contribution in [3.63, 3.8) is 0 Å². The lowest BCUT2D eigenvalue weighted by Crippen LogP contribution is -2.41. The Bertz CT molecular complexity index is 1050. The van der Waals surface area contributed by atoms with Crippen LogP contribution in [0.25, 0.3) is 0 Å². The molecule has 0 spiro atoms. The number of amides is 2. The Labute approximate surface area is 183 Å². The van der Waals surface area contributed by atoms with E-state index in [-0.39, 0.29) is 18.2 Å². The van der Waals surface area contributed by atoms with Crippen molar-refractivity contribution in [3.05, 3.63) is 59.2 Å². The Balaban J connectivity index is 1.85. The van der Waals surface area contributed by atoms with Gasteiger partial charge in [-0.3, -0.25) is 9.69 Å². The molecule has 1 aromatic heterocycles. The molecule has 1 aliphatic heterocycles. The molecule has 12 heteroatoms. The van der Waals surface area contributed by atoms with Crippen LogP contribution in [0.3, 0.4) is 0 Å². The van der Waals surface area contributed by atoms with Crippen LogP contribution >= 0.6 is 0 Å². The SMILES string of the molecule is CC(C)[C@H]1CN(c2ccc(C(F)(F)F)nc2)C(=O)N1CC(=O)c1ccc(F)c(C(F)(F)F)c1. The molecule has 2 aromatic rings. The molecule has 1 saturated heterocycles. The molecule has 3 rings (SSSR count). The fourth-order valence-corrected chi connectivity index (χ4v) is 3.51. The standard InChI is InChI=1S/C21H18F7N3O2/c1-11(2)16-9-30(13-4-6-18(29-8-13)21(26,27)28)19(33)31(16)10-17(32)12-3-5-15(22)14(7-12)20(23,24)25/h3-8,11,16H,9-10H2,1-2H3/t16-/m1/s1. The monoisotopic (exact) mass is 477 g/mol. The molecule has 1 atom stereocenters. The van der Waals surface area contributed by atoms with E-state index < -0.39 is 59.4 Å². The fraction of sp³-hybridized carbons (Fsp3) is 0.381. The number of hydrogen-bond acceptors (Lipinski definition) is 3. The van der Waals surface area contributed by atoms with Gasteiger partial charge in [0.05, 0.1) is 30.0 Å². The van der Waals surface area contributed by atoms with Crippen molar-refractivity contribution in [2.24, 2.45) is 5.92 Å². The number of Topliss-reactive ketones (excluding diaryl/α,β-unsaturated/α-hetero) is 1. The predicted molar refractivity (Wildman–Crippen MR) is 103 cm³/mol. The highest BCUT2D eigenvalue weighted by Gasteiger charge is 2.41. The van der Waals surface area contributed by atoms with Crippen LogP contribution < -0.4 is 4.90 Å². The van der Waals surface area contributed by atoms with Crippen LogP contribution in [0.15, 0.2) is 36.5 Å². The number of benzene rings is 1. The summed E-state index contributed by atoms with van der Waals surface area (Å²) in [5.74, 6) is -2.56. The van der Waals surface area contributed by atoms with Crippen LogP contribution in [0.4, 0.5) is 41.2 Å². The second-order valence-corrected chi connectivity index (χ2v) is 7.85. The summed E-state index contributed by atoms with van der Waals surface area (Å²) in [6.45, 7) is 2.95. The van der Waals surface area contributed by atoms with Crippen LogP contribution in [0, 0.1) is 11.7 Å². The third-order valence-electron chi connectivity index (χ3n) is 5.27. The number of alkyl halides is 6. The Morgan fingerprint density at radius 3 is 2.27 bits per heavy atom. The first-order valence-corrected chi connectivity index (χ1v) is 9.71. The van der Waals surface area contributed by atoms with Crippen LogP contribution in [-0.2, 0) is 12.4 Å². The number of urea groups is 1. The molecule has 2 heterocycles. The number of ketones is 1. The molecule has 5 nitrogen and oxygen atoms in total. The lowest BCUT2D eigenvalue weighted by Gasteiger charge is -2.25. The first-order valence-electron chi connectivity index (χ1n) is 9.71. The molecule has 0 bridgehead atoms. The topological polar surface area (TPSA) is 53.5 Å². The molecule has 0 radical (unpaired) electrons. The van der Waals surface area contributed by atoms with Crippen LogP contribution in [0.5, 0.6) is 0 Å². The average molecular weight is 477 g/mol. The number of halogens is 7. The van der Waals surface area contributed by atoms with E-state index in [1.165, 1.54) is 0 Å². The molecule has 2 amide bonds. The van der Waals surface area contributed by atoms with Crippen molar-refractivity contribution in [1.82, 2.24) is 9.88 Å². The normalized spacial score (nSPS) is 17.3. The fourth-order valence-electron chi connectivity index (χ4n) is 3.51. The zero-order chi connectivity index (χ0) is 24.7. The highest BCUT2D eigenvalue weighted by Crippen LogP contribution is 2.33. The summed E-state index contributed by atoms with van der Waals surface area (Å²) >= 11 is 0.